The number of hydrogen-bond acceptors (Lipinski definition) is 5. The van der Waals surface area contributed by atoms with Crippen LogP contribution in [0.3, 0.4) is 0 Å². The Morgan fingerprint density at radius 3 is 2.31 bits per heavy atom. The van der Waals surface area contributed by atoms with E-state index in [1.54, 1.807) is 17.4 Å². The largest absolute Gasteiger partial charge is 0.483 e. The normalized spacial score (nSPS) is 11.0. The number of rotatable bonds is 12. The summed E-state index contributed by atoms with van der Waals surface area (Å²) in [6.45, 7) is 3.56. The number of aryl methyl sites for hydroxylation is 2. The molecule has 226 valence electrons. The predicted molar refractivity (Wildman–Crippen MR) is 182 cm³/mol. The maximum Gasteiger partial charge on any atom is 0.224 e. The van der Waals surface area contributed by atoms with Crippen molar-refractivity contribution >= 4 is 27.5 Å². The van der Waals surface area contributed by atoms with Gasteiger partial charge in [-0.1, -0.05) is 91.0 Å². The van der Waals surface area contributed by atoms with Crippen molar-refractivity contribution in [3.63, 3.8) is 0 Å². The summed E-state index contributed by atoms with van der Waals surface area (Å²) in [4.78, 5) is 29.8. The molecule has 1 amide bonds. The van der Waals surface area contributed by atoms with E-state index >= 15 is 0 Å². The van der Waals surface area contributed by atoms with E-state index in [1.807, 2.05) is 85.9 Å². The van der Waals surface area contributed by atoms with E-state index in [4.69, 9.17) is 9.72 Å². The average molecular weight is 614 g/mol. The van der Waals surface area contributed by atoms with Gasteiger partial charge >= 0.3 is 0 Å². The number of carbonyl (C=O) groups is 1. The van der Waals surface area contributed by atoms with Crippen LogP contribution in [0.2, 0.25) is 0 Å². The van der Waals surface area contributed by atoms with Crippen LogP contribution >= 0.6 is 11.3 Å². The molecule has 1 N–H and O–H groups in total. The minimum absolute atomic E-state index is 0.00279. The number of pyridine rings is 1. The minimum atomic E-state index is -0.0993. The Hall–Kier alpha value is -5.01. The van der Waals surface area contributed by atoms with Gasteiger partial charge in [0.25, 0.3) is 0 Å². The van der Waals surface area contributed by atoms with Crippen LogP contribution in [0, 0.1) is 6.92 Å². The molecule has 2 aromatic heterocycles. The molecule has 0 fully saturated rings. The van der Waals surface area contributed by atoms with Crippen molar-refractivity contribution in [2.24, 2.45) is 0 Å². The molecule has 45 heavy (non-hydrogen) atoms. The molecule has 0 saturated carbocycles. The second kappa shape index (κ2) is 14.2. The molecule has 6 aromatic rings. The number of ether oxygens (including phenoxy) is 1. The van der Waals surface area contributed by atoms with Crippen molar-refractivity contribution in [1.82, 2.24) is 14.9 Å². The van der Waals surface area contributed by atoms with Gasteiger partial charge in [0.15, 0.2) is 5.75 Å². The zero-order chi connectivity index (χ0) is 31.0. The number of hydrogen-bond donors (Lipinski definition) is 1. The summed E-state index contributed by atoms with van der Waals surface area (Å²) in [6.07, 6.45) is 3.99. The van der Waals surface area contributed by atoms with Crippen LogP contribution in [0.25, 0.3) is 20.8 Å². The molecule has 0 aliphatic rings. The number of fused-ring (bicyclic) bond motifs is 1. The maximum absolute atomic E-state index is 12.6. The molecule has 6 nitrogen and oxygen atoms in total. The first kappa shape index (κ1) is 30.0. The van der Waals surface area contributed by atoms with Gasteiger partial charge in [0.1, 0.15) is 11.6 Å². The summed E-state index contributed by atoms with van der Waals surface area (Å²) >= 11 is 1.69. The van der Waals surface area contributed by atoms with Crippen molar-refractivity contribution in [2.75, 3.05) is 0 Å². The number of carbonyl (C=O) groups excluding carboxylic acids is 1. The van der Waals surface area contributed by atoms with Crippen molar-refractivity contribution in [1.29, 1.82) is 0 Å². The van der Waals surface area contributed by atoms with Crippen LogP contribution in [-0.2, 0) is 37.3 Å². The molecule has 7 heteroatoms. The van der Waals surface area contributed by atoms with Crippen molar-refractivity contribution in [3.05, 3.63) is 154 Å². The van der Waals surface area contributed by atoms with Crippen molar-refractivity contribution in [2.45, 2.75) is 45.9 Å². The van der Waals surface area contributed by atoms with Crippen molar-refractivity contribution in [3.8, 4) is 16.3 Å². The van der Waals surface area contributed by atoms with E-state index in [9.17, 15) is 9.59 Å². The fourth-order valence-corrected chi connectivity index (χ4v) is 6.26. The molecular weight excluding hydrogens is 579 g/mol. The number of amides is 1. The summed E-state index contributed by atoms with van der Waals surface area (Å²) in [7, 11) is 0. The molecule has 0 spiro atoms. The molecule has 0 aliphatic carbocycles. The van der Waals surface area contributed by atoms with Gasteiger partial charge in [-0.2, -0.15) is 0 Å². The van der Waals surface area contributed by atoms with Gasteiger partial charge in [0.05, 0.1) is 22.3 Å². The summed E-state index contributed by atoms with van der Waals surface area (Å²) in [6, 6.07) is 36.1. The topological polar surface area (TPSA) is 73.2 Å². The van der Waals surface area contributed by atoms with E-state index in [-0.39, 0.29) is 11.3 Å². The second-order valence-electron chi connectivity index (χ2n) is 11.1. The monoisotopic (exact) mass is 613 g/mol. The van der Waals surface area contributed by atoms with Crippen LogP contribution in [0.5, 0.6) is 5.75 Å². The highest BCUT2D eigenvalue weighted by molar-refractivity contribution is 7.21. The highest BCUT2D eigenvalue weighted by atomic mass is 32.1. The number of benzene rings is 4. The smallest absolute Gasteiger partial charge is 0.224 e. The molecule has 6 rings (SSSR count). The Morgan fingerprint density at radius 2 is 1.53 bits per heavy atom. The maximum atomic E-state index is 12.6. The third-order valence-electron chi connectivity index (χ3n) is 7.85. The first-order chi connectivity index (χ1) is 22.0. The van der Waals surface area contributed by atoms with E-state index in [1.165, 1.54) is 10.3 Å². The van der Waals surface area contributed by atoms with Crippen LogP contribution in [0.4, 0.5) is 0 Å². The van der Waals surface area contributed by atoms with Gasteiger partial charge in [0.2, 0.25) is 11.3 Å². The highest BCUT2D eigenvalue weighted by Gasteiger charge is 2.10. The summed E-state index contributed by atoms with van der Waals surface area (Å²) in [5.74, 6) is 0.405. The summed E-state index contributed by atoms with van der Waals surface area (Å²) < 4.78 is 9.17. The Balaban J connectivity index is 0.954. The zero-order valence-corrected chi connectivity index (χ0v) is 26.1. The molecule has 2 heterocycles. The van der Waals surface area contributed by atoms with Gasteiger partial charge in [-0.05, 0) is 54.2 Å². The first-order valence-corrected chi connectivity index (χ1v) is 16.0. The number of thiazole rings is 1. The summed E-state index contributed by atoms with van der Waals surface area (Å²) in [5.41, 5.74) is 7.11. The quantitative estimate of drug-likeness (QED) is 0.155. The lowest BCUT2D eigenvalue weighted by atomic mass is 10.1. The molecule has 0 saturated heterocycles. The number of nitrogens with one attached hydrogen (secondary N) is 1. The van der Waals surface area contributed by atoms with Crippen LogP contribution in [-0.4, -0.2) is 15.5 Å². The van der Waals surface area contributed by atoms with Gasteiger partial charge in [-0.15, -0.1) is 11.3 Å². The molecule has 0 unspecified atom stereocenters. The Kier molecular flexibility index (Phi) is 9.47. The van der Waals surface area contributed by atoms with E-state index in [0.29, 0.717) is 25.3 Å². The Labute approximate surface area is 267 Å². The highest BCUT2D eigenvalue weighted by Crippen LogP contribution is 2.30. The standard InChI is InChI=1S/C38H35N3O3S/c1-27-37(44-26-31-8-3-2-4-9-31)34(42)21-23-41(27)22-7-10-28-13-15-29(16-14-28)24-36(43)39-25-30-17-19-32(20-18-30)38-40-33-11-5-6-12-35(33)45-38/h2-6,8-9,11-21,23H,7,10,22,24-26H2,1H3,(H,39,43). The number of para-hydroxylation sites is 1. The molecular formula is C38H35N3O3S. The molecule has 0 radical (unpaired) electrons. The van der Waals surface area contributed by atoms with Crippen LogP contribution in [0.15, 0.2) is 120 Å². The van der Waals surface area contributed by atoms with E-state index in [2.05, 4.69) is 40.2 Å². The van der Waals surface area contributed by atoms with E-state index in [0.717, 1.165) is 57.9 Å². The Bertz CT molecular complexity index is 1910. The lowest BCUT2D eigenvalue weighted by Crippen LogP contribution is -2.24. The minimum Gasteiger partial charge on any atom is -0.483 e. The second-order valence-corrected chi connectivity index (χ2v) is 12.2. The molecule has 0 aliphatic heterocycles. The summed E-state index contributed by atoms with van der Waals surface area (Å²) in [5, 5.41) is 4.04. The average Bonchev–Trinajstić information content (AvgIpc) is 3.51. The van der Waals surface area contributed by atoms with Gasteiger partial charge in [0, 0.05) is 30.9 Å². The van der Waals surface area contributed by atoms with Gasteiger partial charge in [-0.25, -0.2) is 4.98 Å². The number of nitrogens with zero attached hydrogens (tertiary/aromatic N) is 2. The molecule has 0 bridgehead atoms. The predicted octanol–water partition coefficient (Wildman–Crippen LogP) is 7.50. The Morgan fingerprint density at radius 1 is 0.822 bits per heavy atom. The fraction of sp³-hybridized carbons (Fsp3) is 0.184. The lowest BCUT2D eigenvalue weighted by molar-refractivity contribution is -0.120. The van der Waals surface area contributed by atoms with Crippen molar-refractivity contribution < 1.29 is 9.53 Å². The number of aromatic nitrogens is 2. The first-order valence-electron chi connectivity index (χ1n) is 15.2. The molecule has 0 atom stereocenters. The fourth-order valence-electron chi connectivity index (χ4n) is 5.29. The third-order valence-corrected chi connectivity index (χ3v) is 8.94. The van der Waals surface area contributed by atoms with E-state index < -0.39 is 0 Å². The third kappa shape index (κ3) is 7.75. The molecule has 4 aromatic carbocycles. The SMILES string of the molecule is Cc1c(OCc2ccccc2)c(=O)ccn1CCCc1ccc(CC(=O)NCc2ccc(-c3nc4ccccc4s3)cc2)cc1. The lowest BCUT2D eigenvalue weighted by Gasteiger charge is -2.15. The van der Waals surface area contributed by atoms with Gasteiger partial charge in [-0.3, -0.25) is 9.59 Å². The van der Waals surface area contributed by atoms with Crippen LogP contribution in [0.1, 0.15) is 34.4 Å². The zero-order valence-electron chi connectivity index (χ0n) is 25.2. The van der Waals surface area contributed by atoms with Crippen LogP contribution < -0.4 is 15.5 Å². The van der Waals surface area contributed by atoms with Gasteiger partial charge < -0.3 is 14.6 Å².